The molecular weight excluding hydrogens is 440 g/mol. The van der Waals surface area contributed by atoms with E-state index in [2.05, 4.69) is 9.97 Å². The molecule has 0 atom stereocenters. The predicted octanol–water partition coefficient (Wildman–Crippen LogP) is 5.56. The molecule has 4 aromatic rings. The average molecular weight is 460 g/mol. The topological polar surface area (TPSA) is 58.4 Å². The van der Waals surface area contributed by atoms with Crippen molar-refractivity contribution in [1.29, 1.82) is 0 Å². The molecular formula is C23H20ClF2N3O3. The van der Waals surface area contributed by atoms with Gasteiger partial charge in [-0.3, -0.25) is 0 Å². The van der Waals surface area contributed by atoms with E-state index >= 15 is 0 Å². The summed E-state index contributed by atoms with van der Waals surface area (Å²) in [5.74, 6) is 1.23. The smallest absolute Gasteiger partial charge is 0.387 e. The Morgan fingerprint density at radius 1 is 1.03 bits per heavy atom. The van der Waals surface area contributed by atoms with Crippen molar-refractivity contribution in [2.45, 2.75) is 19.8 Å². The Kier molecular flexibility index (Phi) is 6.53. The zero-order valence-corrected chi connectivity index (χ0v) is 18.1. The lowest BCUT2D eigenvalue weighted by Gasteiger charge is -2.14. The summed E-state index contributed by atoms with van der Waals surface area (Å²) in [6.07, 6.45) is 1.72. The Labute approximate surface area is 188 Å². The highest BCUT2D eigenvalue weighted by Gasteiger charge is 2.16. The predicted molar refractivity (Wildman–Crippen MR) is 117 cm³/mol. The van der Waals surface area contributed by atoms with Crippen molar-refractivity contribution in [3.8, 4) is 22.8 Å². The molecule has 0 unspecified atom stereocenters. The number of methoxy groups -OCH3 is 2. The van der Waals surface area contributed by atoms with Crippen LogP contribution in [0.15, 0.2) is 54.7 Å². The summed E-state index contributed by atoms with van der Waals surface area (Å²) in [7, 11) is 3.13. The van der Waals surface area contributed by atoms with Gasteiger partial charge in [-0.05, 0) is 42.0 Å². The quantitative estimate of drug-likeness (QED) is 0.345. The van der Waals surface area contributed by atoms with Gasteiger partial charge in [0.25, 0.3) is 0 Å². The lowest BCUT2D eigenvalue weighted by molar-refractivity contribution is -0.0504. The molecule has 9 heteroatoms. The second-order valence-corrected chi connectivity index (χ2v) is 7.41. The second-order valence-electron chi connectivity index (χ2n) is 6.97. The molecule has 0 aliphatic rings. The zero-order valence-electron chi connectivity index (χ0n) is 17.4. The molecule has 0 saturated carbocycles. The molecule has 2 heterocycles. The van der Waals surface area contributed by atoms with Gasteiger partial charge in [-0.15, -0.1) is 0 Å². The van der Waals surface area contributed by atoms with Gasteiger partial charge in [0.1, 0.15) is 18.2 Å². The number of pyridine rings is 1. The number of fused-ring (bicyclic) bond motifs is 1. The van der Waals surface area contributed by atoms with Gasteiger partial charge in [-0.2, -0.15) is 8.78 Å². The largest absolute Gasteiger partial charge is 0.481 e. The van der Waals surface area contributed by atoms with Crippen molar-refractivity contribution in [2.75, 3.05) is 14.2 Å². The molecule has 0 spiro atoms. The van der Waals surface area contributed by atoms with Gasteiger partial charge in [-0.1, -0.05) is 17.7 Å². The lowest BCUT2D eigenvalue weighted by atomic mass is 10.1. The van der Waals surface area contributed by atoms with E-state index in [-0.39, 0.29) is 18.9 Å². The SMILES string of the molecule is COCc1nc2ccc(-c3ccc(OC)nc3)cc2n1Cc1cc(Cl)ccc1OC(F)F. The molecule has 6 nitrogen and oxygen atoms in total. The highest BCUT2D eigenvalue weighted by molar-refractivity contribution is 6.30. The molecule has 0 amide bonds. The van der Waals surface area contributed by atoms with Crippen LogP contribution in [0.4, 0.5) is 8.78 Å². The molecule has 0 N–H and O–H groups in total. The minimum absolute atomic E-state index is 0.0603. The van der Waals surface area contributed by atoms with Crippen LogP contribution in [0.3, 0.4) is 0 Å². The van der Waals surface area contributed by atoms with Crippen LogP contribution in [0.5, 0.6) is 11.6 Å². The fraction of sp³-hybridized carbons (Fsp3) is 0.217. The van der Waals surface area contributed by atoms with Crippen molar-refractivity contribution in [3.63, 3.8) is 0 Å². The molecule has 0 fully saturated rings. The molecule has 0 aliphatic heterocycles. The highest BCUT2D eigenvalue weighted by atomic mass is 35.5. The highest BCUT2D eigenvalue weighted by Crippen LogP contribution is 2.30. The number of benzene rings is 2. The molecule has 0 radical (unpaired) electrons. The van der Waals surface area contributed by atoms with Crippen molar-refractivity contribution < 1.29 is 23.0 Å². The number of aromatic nitrogens is 3. The van der Waals surface area contributed by atoms with Crippen LogP contribution in [0.2, 0.25) is 5.02 Å². The first-order valence-electron chi connectivity index (χ1n) is 9.70. The first kappa shape index (κ1) is 22.0. The molecule has 32 heavy (non-hydrogen) atoms. The van der Waals surface area contributed by atoms with Crippen molar-refractivity contribution in [3.05, 3.63) is 71.1 Å². The number of alkyl halides is 2. The van der Waals surface area contributed by atoms with E-state index < -0.39 is 6.61 Å². The summed E-state index contributed by atoms with van der Waals surface area (Å²) < 4.78 is 42.9. The number of imidazole rings is 1. The van der Waals surface area contributed by atoms with Gasteiger partial charge in [0.05, 0.1) is 24.7 Å². The molecule has 0 bridgehead atoms. The third-order valence-corrected chi connectivity index (χ3v) is 5.18. The molecule has 0 aliphatic carbocycles. The molecule has 4 rings (SSSR count). The van der Waals surface area contributed by atoms with Gasteiger partial charge in [0.15, 0.2) is 0 Å². The number of rotatable bonds is 8. The van der Waals surface area contributed by atoms with E-state index in [1.54, 1.807) is 32.5 Å². The number of hydrogen-bond donors (Lipinski definition) is 0. The Morgan fingerprint density at radius 2 is 1.84 bits per heavy atom. The van der Waals surface area contributed by atoms with Gasteiger partial charge in [0, 0.05) is 35.5 Å². The van der Waals surface area contributed by atoms with E-state index in [1.807, 2.05) is 28.8 Å². The summed E-state index contributed by atoms with van der Waals surface area (Å²) in [4.78, 5) is 8.91. The van der Waals surface area contributed by atoms with Gasteiger partial charge < -0.3 is 18.8 Å². The Balaban J connectivity index is 1.80. The maximum absolute atomic E-state index is 12.9. The van der Waals surface area contributed by atoms with Gasteiger partial charge in [-0.25, -0.2) is 9.97 Å². The van der Waals surface area contributed by atoms with Crippen LogP contribution in [0, 0.1) is 0 Å². The van der Waals surface area contributed by atoms with Crippen molar-refractivity contribution in [1.82, 2.24) is 14.5 Å². The fourth-order valence-electron chi connectivity index (χ4n) is 3.49. The number of hydrogen-bond acceptors (Lipinski definition) is 5. The molecule has 2 aromatic carbocycles. The van der Waals surface area contributed by atoms with Crippen molar-refractivity contribution >= 4 is 22.6 Å². The average Bonchev–Trinajstić information content (AvgIpc) is 3.12. The third kappa shape index (κ3) is 4.66. The summed E-state index contributed by atoms with van der Waals surface area (Å²) in [5.41, 5.74) is 3.89. The number of nitrogens with zero attached hydrogens (tertiary/aromatic N) is 3. The maximum Gasteiger partial charge on any atom is 0.387 e. The Morgan fingerprint density at radius 3 is 2.53 bits per heavy atom. The molecule has 166 valence electrons. The normalized spacial score (nSPS) is 11.3. The van der Waals surface area contributed by atoms with Crippen LogP contribution >= 0.6 is 11.6 Å². The van der Waals surface area contributed by atoms with Crippen LogP contribution < -0.4 is 9.47 Å². The van der Waals surface area contributed by atoms with Crippen LogP contribution in [-0.4, -0.2) is 35.4 Å². The van der Waals surface area contributed by atoms with Crippen LogP contribution in [0.25, 0.3) is 22.2 Å². The van der Waals surface area contributed by atoms with Gasteiger partial charge in [0.2, 0.25) is 5.88 Å². The van der Waals surface area contributed by atoms with Crippen LogP contribution in [-0.2, 0) is 17.9 Å². The molecule has 0 saturated heterocycles. The zero-order chi connectivity index (χ0) is 22.7. The summed E-state index contributed by atoms with van der Waals surface area (Å²) in [6, 6.07) is 14.1. The summed E-state index contributed by atoms with van der Waals surface area (Å²) >= 11 is 6.13. The van der Waals surface area contributed by atoms with Gasteiger partial charge >= 0.3 is 6.61 Å². The fourth-order valence-corrected chi connectivity index (χ4v) is 3.69. The number of halogens is 3. The maximum atomic E-state index is 12.9. The van der Waals surface area contributed by atoms with E-state index in [0.29, 0.717) is 22.3 Å². The Bertz CT molecular complexity index is 1230. The van der Waals surface area contributed by atoms with Crippen molar-refractivity contribution in [2.24, 2.45) is 0 Å². The minimum Gasteiger partial charge on any atom is -0.481 e. The van der Waals surface area contributed by atoms with E-state index in [1.165, 1.54) is 12.1 Å². The molecule has 2 aromatic heterocycles. The monoisotopic (exact) mass is 459 g/mol. The van der Waals surface area contributed by atoms with E-state index in [0.717, 1.165) is 22.2 Å². The first-order valence-corrected chi connectivity index (χ1v) is 10.1. The summed E-state index contributed by atoms with van der Waals surface area (Å²) in [5, 5.41) is 0.421. The second kappa shape index (κ2) is 9.50. The Hall–Kier alpha value is -3.23. The minimum atomic E-state index is -2.94. The lowest BCUT2D eigenvalue weighted by Crippen LogP contribution is -2.10. The van der Waals surface area contributed by atoms with E-state index in [9.17, 15) is 8.78 Å². The third-order valence-electron chi connectivity index (χ3n) is 4.95. The number of ether oxygens (including phenoxy) is 3. The standard InChI is InChI=1S/C23H20ClF2N3O3/c1-30-13-21-28-18-6-3-14(15-4-8-22(31-2)27-11-15)10-19(18)29(21)12-16-9-17(24)5-7-20(16)32-23(25)26/h3-11,23H,12-13H2,1-2H3. The first-order chi connectivity index (χ1) is 15.5. The van der Waals surface area contributed by atoms with Crippen LogP contribution in [0.1, 0.15) is 11.4 Å². The summed E-state index contributed by atoms with van der Waals surface area (Å²) in [6.45, 7) is -2.47. The van der Waals surface area contributed by atoms with E-state index in [4.69, 9.17) is 25.8 Å².